The lowest BCUT2D eigenvalue weighted by Gasteiger charge is -2.57. The van der Waals surface area contributed by atoms with Gasteiger partial charge in [-0.1, -0.05) is 11.6 Å². The molecule has 0 aliphatic heterocycles. The van der Waals surface area contributed by atoms with E-state index in [-0.39, 0.29) is 28.6 Å². The Hall–Kier alpha value is -1.89. The molecule has 7 nitrogen and oxygen atoms in total. The van der Waals surface area contributed by atoms with Crippen molar-refractivity contribution < 1.29 is 17.5 Å². The van der Waals surface area contributed by atoms with E-state index in [1.54, 1.807) is 13.8 Å². The number of hydrogen-bond donors (Lipinski definition) is 2. The molecule has 0 radical (unpaired) electrons. The van der Waals surface area contributed by atoms with Gasteiger partial charge in [-0.3, -0.25) is 10.3 Å². The molecule has 4 fully saturated rings. The molecule has 4 saturated carbocycles. The van der Waals surface area contributed by atoms with Gasteiger partial charge in [-0.25, -0.2) is 17.9 Å². The number of halogens is 2. The summed E-state index contributed by atoms with van der Waals surface area (Å²) in [5.41, 5.74) is -1.05. The second kappa shape index (κ2) is 7.61. The van der Waals surface area contributed by atoms with Crippen molar-refractivity contribution in [2.45, 2.75) is 62.3 Å². The van der Waals surface area contributed by atoms with Crippen LogP contribution in [0.15, 0.2) is 23.2 Å². The number of nitrogens with two attached hydrogens (primary N) is 1. The predicted octanol–water partition coefficient (Wildman–Crippen LogP) is 3.34. The fraction of sp³-hybridized carbons (Fsp3) is 0.619. The van der Waals surface area contributed by atoms with Gasteiger partial charge < -0.3 is 4.74 Å². The third-order valence-electron chi connectivity index (χ3n) is 7.05. The molecule has 10 heteroatoms. The van der Waals surface area contributed by atoms with Crippen molar-refractivity contribution in [3.8, 4) is 11.9 Å². The topological polar surface area (TPSA) is 118 Å². The molecule has 4 bridgehead atoms. The van der Waals surface area contributed by atoms with Gasteiger partial charge in [0.1, 0.15) is 11.6 Å². The van der Waals surface area contributed by atoms with Gasteiger partial charge in [0.15, 0.2) is 17.6 Å². The Bertz CT molecular complexity index is 1050. The zero-order valence-corrected chi connectivity index (χ0v) is 19.0. The molecule has 1 aromatic carbocycles. The van der Waals surface area contributed by atoms with Crippen LogP contribution in [-0.2, 0) is 10.0 Å². The SMILES string of the molecule is CC(C)(Oc1ccc(F)cc1Cl)C(=NC1C2CC3CC1CC(S(N)(=O)=O)(C3)C2)NC#N. The van der Waals surface area contributed by atoms with Gasteiger partial charge in [-0.15, -0.1) is 0 Å². The number of nitrogens with zero attached hydrogens (tertiary/aromatic N) is 2. The van der Waals surface area contributed by atoms with Crippen molar-refractivity contribution in [1.29, 1.82) is 5.26 Å². The number of nitriles is 1. The van der Waals surface area contributed by atoms with E-state index in [1.165, 1.54) is 12.1 Å². The normalized spacial score (nSPS) is 32.6. The number of hydrogen-bond acceptors (Lipinski definition) is 5. The molecule has 2 unspecified atom stereocenters. The van der Waals surface area contributed by atoms with Crippen molar-refractivity contribution in [1.82, 2.24) is 5.32 Å². The molecule has 4 aliphatic carbocycles. The Morgan fingerprint density at radius 3 is 2.55 bits per heavy atom. The molecule has 0 spiro atoms. The Balaban J connectivity index is 1.63. The van der Waals surface area contributed by atoms with Gasteiger partial charge in [-0.2, -0.15) is 5.26 Å². The standard InChI is InChI=1S/C21H26ClFN4O3S/c1-20(2,30-17-4-3-15(23)7-16(17)22)19(26-11-24)27-18-13-5-12-6-14(18)10-21(8-12,9-13)31(25,28)29/h3-4,7,12-14,18H,5-6,8-10H2,1-2H3,(H,26,27)(H2,25,28,29). The van der Waals surface area contributed by atoms with Crippen LogP contribution in [0, 0.1) is 35.0 Å². The van der Waals surface area contributed by atoms with Crippen LogP contribution in [0.4, 0.5) is 4.39 Å². The quantitative estimate of drug-likeness (QED) is 0.297. The van der Waals surface area contributed by atoms with Crippen LogP contribution in [0.25, 0.3) is 0 Å². The molecule has 3 N–H and O–H groups in total. The third-order valence-corrected chi connectivity index (χ3v) is 9.06. The molecule has 0 amide bonds. The molecule has 0 saturated heterocycles. The van der Waals surface area contributed by atoms with E-state index in [4.69, 9.17) is 26.5 Å². The lowest BCUT2D eigenvalue weighted by Crippen LogP contribution is -2.61. The van der Waals surface area contributed by atoms with Crippen LogP contribution >= 0.6 is 11.6 Å². The summed E-state index contributed by atoms with van der Waals surface area (Å²) in [6.07, 6.45) is 5.37. The van der Waals surface area contributed by atoms with Gasteiger partial charge in [-0.05, 0) is 81.9 Å². The minimum Gasteiger partial charge on any atom is -0.478 e. The van der Waals surface area contributed by atoms with E-state index in [9.17, 15) is 18.1 Å². The minimum atomic E-state index is -3.65. The Morgan fingerprint density at radius 2 is 2.00 bits per heavy atom. The number of ether oxygens (including phenoxy) is 1. The molecule has 1 aromatic rings. The van der Waals surface area contributed by atoms with Crippen molar-refractivity contribution in [3.63, 3.8) is 0 Å². The van der Waals surface area contributed by atoms with E-state index in [0.717, 1.165) is 18.9 Å². The summed E-state index contributed by atoms with van der Waals surface area (Å²) >= 11 is 6.11. The van der Waals surface area contributed by atoms with Gasteiger partial charge in [0, 0.05) is 0 Å². The monoisotopic (exact) mass is 468 g/mol. The maximum atomic E-state index is 13.4. The third kappa shape index (κ3) is 4.01. The molecular formula is C21H26ClFN4O3S. The zero-order valence-electron chi connectivity index (χ0n) is 17.4. The summed E-state index contributed by atoms with van der Waals surface area (Å²) in [6, 6.07) is 3.72. The smallest absolute Gasteiger partial charge is 0.214 e. The molecule has 2 atom stereocenters. The van der Waals surface area contributed by atoms with E-state index in [2.05, 4.69) is 5.32 Å². The summed E-state index contributed by atoms with van der Waals surface area (Å²) in [6.45, 7) is 3.50. The molecule has 31 heavy (non-hydrogen) atoms. The van der Waals surface area contributed by atoms with Gasteiger partial charge >= 0.3 is 0 Å². The zero-order chi connectivity index (χ0) is 22.6. The number of primary sulfonamides is 1. The first-order chi connectivity index (χ1) is 14.4. The van der Waals surface area contributed by atoms with Crippen molar-refractivity contribution in [2.24, 2.45) is 27.9 Å². The van der Waals surface area contributed by atoms with E-state index in [0.29, 0.717) is 31.0 Å². The van der Waals surface area contributed by atoms with Gasteiger partial charge in [0.05, 0.1) is 15.8 Å². The largest absolute Gasteiger partial charge is 0.478 e. The summed E-state index contributed by atoms with van der Waals surface area (Å²) in [5, 5.41) is 17.7. The second-order valence-corrected chi connectivity index (χ2v) is 12.0. The molecule has 4 aliphatic rings. The highest BCUT2D eigenvalue weighted by atomic mass is 35.5. The van der Waals surface area contributed by atoms with Crippen molar-refractivity contribution in [2.75, 3.05) is 0 Å². The highest BCUT2D eigenvalue weighted by molar-refractivity contribution is 7.90. The average molecular weight is 469 g/mol. The summed E-state index contributed by atoms with van der Waals surface area (Å²) < 4.78 is 43.3. The fourth-order valence-electron chi connectivity index (χ4n) is 5.90. The van der Waals surface area contributed by atoms with Gasteiger partial charge in [0.25, 0.3) is 0 Å². The predicted molar refractivity (Wildman–Crippen MR) is 115 cm³/mol. The number of aliphatic imine (C=N–C) groups is 1. The fourth-order valence-corrected chi connectivity index (χ4v) is 7.47. The van der Waals surface area contributed by atoms with Crippen LogP contribution in [-0.4, -0.2) is 30.6 Å². The van der Waals surface area contributed by atoms with Crippen LogP contribution in [0.3, 0.4) is 0 Å². The summed E-state index contributed by atoms with van der Waals surface area (Å²) in [4.78, 5) is 4.90. The minimum absolute atomic E-state index is 0.0882. The lowest BCUT2D eigenvalue weighted by molar-refractivity contribution is 0.0138. The summed E-state index contributed by atoms with van der Waals surface area (Å²) in [7, 11) is -3.65. The molecule has 0 aromatic heterocycles. The number of rotatable bonds is 5. The second-order valence-electron chi connectivity index (χ2n) is 9.59. The number of nitrogens with one attached hydrogen (secondary N) is 1. The van der Waals surface area contributed by atoms with Crippen molar-refractivity contribution >= 4 is 27.5 Å². The number of sulfonamides is 1. The van der Waals surface area contributed by atoms with E-state index in [1.807, 2.05) is 6.19 Å². The lowest BCUT2D eigenvalue weighted by atomic mass is 9.54. The van der Waals surface area contributed by atoms with Crippen LogP contribution in [0.1, 0.15) is 46.0 Å². The highest BCUT2D eigenvalue weighted by Crippen LogP contribution is 2.59. The van der Waals surface area contributed by atoms with Crippen molar-refractivity contribution in [3.05, 3.63) is 29.0 Å². The first kappa shape index (κ1) is 22.3. The first-order valence-electron chi connectivity index (χ1n) is 10.3. The highest BCUT2D eigenvalue weighted by Gasteiger charge is 2.60. The Morgan fingerprint density at radius 1 is 1.35 bits per heavy atom. The first-order valence-corrected chi connectivity index (χ1v) is 12.3. The Kier molecular flexibility index (Phi) is 5.48. The van der Waals surface area contributed by atoms with E-state index >= 15 is 0 Å². The molecule has 0 heterocycles. The van der Waals surface area contributed by atoms with E-state index < -0.39 is 26.2 Å². The van der Waals surface area contributed by atoms with Crippen LogP contribution < -0.4 is 15.2 Å². The van der Waals surface area contributed by atoms with Crippen LogP contribution in [0.2, 0.25) is 5.02 Å². The summed E-state index contributed by atoms with van der Waals surface area (Å²) in [5.74, 6) is 0.653. The number of amidine groups is 1. The van der Waals surface area contributed by atoms with Crippen LogP contribution in [0.5, 0.6) is 5.75 Å². The average Bonchev–Trinajstić information content (AvgIpc) is 2.64. The maximum Gasteiger partial charge on any atom is 0.214 e. The molecule has 168 valence electrons. The van der Waals surface area contributed by atoms with Gasteiger partial charge in [0.2, 0.25) is 10.0 Å². The molecule has 5 rings (SSSR count). The number of benzene rings is 1. The Labute approximate surface area is 186 Å². The molecular weight excluding hydrogens is 443 g/mol. The maximum absolute atomic E-state index is 13.4.